The lowest BCUT2D eigenvalue weighted by Crippen LogP contribution is -2.06. The van der Waals surface area contributed by atoms with Gasteiger partial charge >= 0.3 is 0 Å². The van der Waals surface area contributed by atoms with E-state index in [1.54, 1.807) is 0 Å². The number of rotatable bonds is 5. The summed E-state index contributed by atoms with van der Waals surface area (Å²) in [7, 11) is 0. The highest BCUT2D eigenvalue weighted by molar-refractivity contribution is 6.66. The number of nitrogen functional groups attached to an aromatic ring is 1. The van der Waals surface area contributed by atoms with Gasteiger partial charge in [-0.25, -0.2) is 0 Å². The largest absolute Gasteiger partial charge is 0.399 e. The van der Waals surface area contributed by atoms with Crippen molar-refractivity contribution in [2.75, 3.05) is 11.1 Å². The van der Waals surface area contributed by atoms with Crippen molar-refractivity contribution in [3.63, 3.8) is 0 Å². The summed E-state index contributed by atoms with van der Waals surface area (Å²) in [5, 5.41) is 2.18. The number of halogens is 1. The lowest BCUT2D eigenvalue weighted by atomic mass is 10.1. The molecule has 0 aromatic heterocycles. The highest BCUT2D eigenvalue weighted by Crippen LogP contribution is 2.09. The summed E-state index contributed by atoms with van der Waals surface area (Å²) < 4.78 is 0. The molecule has 2 aromatic rings. The van der Waals surface area contributed by atoms with E-state index in [-0.39, 0.29) is 5.91 Å². The lowest BCUT2D eigenvalue weighted by Gasteiger charge is -2.02. The number of benzene rings is 2. The molecule has 0 spiro atoms. The van der Waals surface area contributed by atoms with E-state index in [4.69, 9.17) is 17.3 Å². The van der Waals surface area contributed by atoms with E-state index in [9.17, 15) is 9.59 Å². The number of nitrogens with one attached hydrogen (secondary N) is 1. The summed E-state index contributed by atoms with van der Waals surface area (Å²) in [6, 6.07) is 15.7. The predicted octanol–water partition coefficient (Wildman–Crippen LogP) is 5.14. The number of amides is 1. The number of hydrogen-bond donors (Lipinski definition) is 2. The Labute approximate surface area is 166 Å². The first-order valence-corrected chi connectivity index (χ1v) is 8.92. The van der Waals surface area contributed by atoms with Crippen molar-refractivity contribution in [1.82, 2.24) is 0 Å². The molecule has 0 aliphatic carbocycles. The first-order valence-electron chi connectivity index (χ1n) is 8.54. The van der Waals surface area contributed by atoms with Crippen LogP contribution in [0.1, 0.15) is 25.0 Å². The van der Waals surface area contributed by atoms with Gasteiger partial charge in [-0.3, -0.25) is 9.59 Å². The van der Waals surface area contributed by atoms with Crippen LogP contribution in [0.4, 0.5) is 11.4 Å². The summed E-state index contributed by atoms with van der Waals surface area (Å²) in [6.07, 6.45) is 4.39. The van der Waals surface area contributed by atoms with Crippen LogP contribution in [0.3, 0.4) is 0 Å². The maximum atomic E-state index is 10.9. The van der Waals surface area contributed by atoms with Gasteiger partial charge in [-0.2, -0.15) is 0 Å². The van der Waals surface area contributed by atoms with Crippen molar-refractivity contribution >= 4 is 34.1 Å². The van der Waals surface area contributed by atoms with E-state index < -0.39 is 5.24 Å². The Morgan fingerprint density at radius 3 is 1.67 bits per heavy atom. The SMILES string of the molecule is C=CC(=O)Cl.C=CC(=O)Nc1ccc(CC)cc1.CCc1ccc(N)cc1. The van der Waals surface area contributed by atoms with Crippen molar-refractivity contribution in [3.05, 3.63) is 85.0 Å². The standard InChI is InChI=1S/C11H13NO.C8H11N.C3H3ClO/c1-3-9-5-7-10(8-6-9)12-11(13)4-2;1-2-7-3-5-8(9)6-4-7;1-2-3(4)5/h4-8H,2-3H2,1H3,(H,12,13);3-6H,2,9H2,1H3;2H,1H2. The number of allylic oxidation sites excluding steroid dienone is 1. The zero-order valence-corrected chi connectivity index (χ0v) is 16.6. The van der Waals surface area contributed by atoms with Crippen LogP contribution < -0.4 is 11.1 Å². The first kappa shape index (κ1) is 24.2. The van der Waals surface area contributed by atoms with E-state index in [0.717, 1.165) is 30.3 Å². The summed E-state index contributed by atoms with van der Waals surface area (Å²) in [5.41, 5.74) is 9.73. The fraction of sp³-hybridized carbons (Fsp3) is 0.182. The Morgan fingerprint density at radius 1 is 0.926 bits per heavy atom. The minimum absolute atomic E-state index is 0.177. The molecule has 144 valence electrons. The topological polar surface area (TPSA) is 72.2 Å². The van der Waals surface area contributed by atoms with Crippen molar-refractivity contribution in [1.29, 1.82) is 0 Å². The van der Waals surface area contributed by atoms with Crippen LogP contribution in [-0.4, -0.2) is 11.1 Å². The van der Waals surface area contributed by atoms with Crippen molar-refractivity contribution in [3.8, 4) is 0 Å². The molecule has 0 fully saturated rings. The van der Waals surface area contributed by atoms with Crippen LogP contribution in [0.15, 0.2) is 73.8 Å². The van der Waals surface area contributed by atoms with Gasteiger partial charge in [0.15, 0.2) is 0 Å². The highest BCUT2D eigenvalue weighted by atomic mass is 35.5. The Kier molecular flexibility index (Phi) is 12.8. The molecule has 0 saturated heterocycles. The molecule has 0 radical (unpaired) electrons. The van der Waals surface area contributed by atoms with Gasteiger partial charge < -0.3 is 11.1 Å². The van der Waals surface area contributed by atoms with E-state index in [0.29, 0.717) is 0 Å². The maximum Gasteiger partial charge on any atom is 0.247 e. The molecule has 0 heterocycles. The van der Waals surface area contributed by atoms with Crippen LogP contribution in [0, 0.1) is 0 Å². The van der Waals surface area contributed by atoms with Gasteiger partial charge in [0.1, 0.15) is 0 Å². The van der Waals surface area contributed by atoms with Gasteiger partial charge in [0.25, 0.3) is 0 Å². The smallest absolute Gasteiger partial charge is 0.247 e. The molecule has 5 heteroatoms. The summed E-state index contributed by atoms with van der Waals surface area (Å²) in [4.78, 5) is 20.4. The summed E-state index contributed by atoms with van der Waals surface area (Å²) in [6.45, 7) is 10.7. The van der Waals surface area contributed by atoms with E-state index in [1.807, 2.05) is 36.4 Å². The number of hydrogen-bond acceptors (Lipinski definition) is 3. The second-order valence-corrected chi connectivity index (χ2v) is 5.72. The molecule has 0 unspecified atom stereocenters. The van der Waals surface area contributed by atoms with Gasteiger partial charge in [-0.15, -0.1) is 0 Å². The number of aryl methyl sites for hydroxylation is 2. The summed E-state index contributed by atoms with van der Waals surface area (Å²) >= 11 is 4.71. The normalized spacial score (nSPS) is 8.85. The zero-order valence-electron chi connectivity index (χ0n) is 15.9. The summed E-state index contributed by atoms with van der Waals surface area (Å²) in [5.74, 6) is -0.177. The average molecular weight is 387 g/mol. The monoisotopic (exact) mass is 386 g/mol. The van der Waals surface area contributed by atoms with Gasteiger partial charge in [0.2, 0.25) is 11.1 Å². The minimum atomic E-state index is -0.509. The molecule has 4 nitrogen and oxygen atoms in total. The second kappa shape index (κ2) is 14.3. The zero-order chi connectivity index (χ0) is 20.7. The Morgan fingerprint density at radius 2 is 1.33 bits per heavy atom. The number of nitrogens with two attached hydrogens (primary N) is 1. The predicted molar refractivity (Wildman–Crippen MR) is 116 cm³/mol. The van der Waals surface area contributed by atoms with Crippen LogP contribution >= 0.6 is 11.6 Å². The highest BCUT2D eigenvalue weighted by Gasteiger charge is 1.95. The number of carbonyl (C=O) groups excluding carboxylic acids is 2. The Hall–Kier alpha value is -2.85. The molecule has 27 heavy (non-hydrogen) atoms. The van der Waals surface area contributed by atoms with Gasteiger partial charge in [0.05, 0.1) is 0 Å². The Bertz CT molecular complexity index is 723. The van der Waals surface area contributed by atoms with Crippen molar-refractivity contribution < 1.29 is 9.59 Å². The molecule has 2 aromatic carbocycles. The fourth-order valence-electron chi connectivity index (χ4n) is 1.77. The first-order chi connectivity index (χ1) is 12.9. The van der Waals surface area contributed by atoms with Crippen LogP contribution in [0.5, 0.6) is 0 Å². The molecular formula is C22H27ClN2O2. The molecular weight excluding hydrogens is 360 g/mol. The third-order valence-electron chi connectivity index (χ3n) is 3.36. The average Bonchev–Trinajstić information content (AvgIpc) is 2.70. The quantitative estimate of drug-likeness (QED) is 0.424. The molecule has 0 atom stereocenters. The van der Waals surface area contributed by atoms with Gasteiger partial charge in [-0.1, -0.05) is 51.3 Å². The van der Waals surface area contributed by atoms with Crippen molar-refractivity contribution in [2.24, 2.45) is 0 Å². The minimum Gasteiger partial charge on any atom is -0.399 e. The molecule has 0 aliphatic heterocycles. The van der Waals surface area contributed by atoms with Crippen LogP contribution in [0.25, 0.3) is 0 Å². The third kappa shape index (κ3) is 12.2. The van der Waals surface area contributed by atoms with Crippen LogP contribution in [-0.2, 0) is 22.4 Å². The Balaban J connectivity index is 0.000000419. The third-order valence-corrected chi connectivity index (χ3v) is 3.52. The molecule has 0 bridgehead atoms. The fourth-order valence-corrected chi connectivity index (χ4v) is 1.77. The maximum absolute atomic E-state index is 10.9. The number of anilines is 2. The number of carbonyl (C=O) groups is 2. The lowest BCUT2D eigenvalue weighted by molar-refractivity contribution is -0.112. The molecule has 2 rings (SSSR count). The van der Waals surface area contributed by atoms with E-state index in [1.165, 1.54) is 17.2 Å². The van der Waals surface area contributed by atoms with Crippen LogP contribution in [0.2, 0.25) is 0 Å². The second-order valence-electron chi connectivity index (χ2n) is 5.35. The van der Waals surface area contributed by atoms with E-state index in [2.05, 4.69) is 44.5 Å². The van der Waals surface area contributed by atoms with Gasteiger partial charge in [-0.05, 0) is 72.0 Å². The molecule has 1 amide bonds. The van der Waals surface area contributed by atoms with Gasteiger partial charge in [0, 0.05) is 11.4 Å². The van der Waals surface area contributed by atoms with E-state index >= 15 is 0 Å². The molecule has 0 aliphatic rings. The molecule has 3 N–H and O–H groups in total. The van der Waals surface area contributed by atoms with Crippen molar-refractivity contribution in [2.45, 2.75) is 26.7 Å². The molecule has 0 saturated carbocycles.